The summed E-state index contributed by atoms with van der Waals surface area (Å²) in [6.45, 7) is 5.09. The Bertz CT molecular complexity index is 900. The van der Waals surface area contributed by atoms with Crippen LogP contribution < -0.4 is 0 Å². The lowest BCUT2D eigenvalue weighted by Gasteiger charge is -2.29. The Morgan fingerprint density at radius 1 is 1.06 bits per heavy atom. The highest BCUT2D eigenvalue weighted by Crippen LogP contribution is 2.45. The van der Waals surface area contributed by atoms with Crippen molar-refractivity contribution >= 4 is 18.3 Å². The third-order valence-corrected chi connectivity index (χ3v) is 6.07. The number of benzene rings is 2. The van der Waals surface area contributed by atoms with Crippen LogP contribution in [-0.4, -0.2) is 60.0 Å². The molecule has 2 aliphatic rings. The van der Waals surface area contributed by atoms with Crippen molar-refractivity contribution in [2.45, 2.75) is 19.5 Å². The number of carbonyl (C=O) groups is 3. The number of nitrogens with zero attached hydrogens (tertiary/aromatic N) is 2. The molecule has 0 saturated carbocycles. The third kappa shape index (κ3) is 5.11. The Balaban J connectivity index is 0.000000858. The molecular weight excluding hydrogens is 396 g/mol. The normalized spacial score (nSPS) is 22.3. The summed E-state index contributed by atoms with van der Waals surface area (Å²) in [5.41, 5.74) is 2.99. The maximum absolute atomic E-state index is 12.2. The largest absolute Gasteiger partial charge is 0.483 e. The smallest absolute Gasteiger partial charge is 0.337 e. The predicted octanol–water partition coefficient (Wildman–Crippen LogP) is 2.83. The molecule has 1 N–H and O–H groups in total. The van der Waals surface area contributed by atoms with E-state index in [4.69, 9.17) is 14.6 Å². The van der Waals surface area contributed by atoms with E-state index < -0.39 is 0 Å². The summed E-state index contributed by atoms with van der Waals surface area (Å²) in [4.78, 5) is 36.7. The predicted molar refractivity (Wildman–Crippen MR) is 115 cm³/mol. The first-order chi connectivity index (χ1) is 15.0. The van der Waals surface area contributed by atoms with Gasteiger partial charge >= 0.3 is 5.97 Å². The van der Waals surface area contributed by atoms with Crippen molar-refractivity contribution in [2.24, 2.45) is 11.8 Å². The van der Waals surface area contributed by atoms with Crippen LogP contribution in [0.25, 0.3) is 0 Å². The minimum Gasteiger partial charge on any atom is -0.483 e. The monoisotopic (exact) mass is 424 g/mol. The Morgan fingerprint density at radius 3 is 2.29 bits per heavy atom. The molecule has 0 aromatic heterocycles. The summed E-state index contributed by atoms with van der Waals surface area (Å²) in [5.74, 6) is 0.814. The number of likely N-dealkylation sites (tertiary alicyclic amines) is 2. The van der Waals surface area contributed by atoms with Gasteiger partial charge in [-0.25, -0.2) is 4.79 Å². The maximum atomic E-state index is 12.2. The van der Waals surface area contributed by atoms with Gasteiger partial charge in [0.15, 0.2) is 0 Å². The Morgan fingerprint density at radius 2 is 1.71 bits per heavy atom. The lowest BCUT2D eigenvalue weighted by Crippen LogP contribution is -2.34. The van der Waals surface area contributed by atoms with E-state index in [0.717, 1.165) is 26.2 Å². The van der Waals surface area contributed by atoms with Crippen LogP contribution in [0.1, 0.15) is 34.5 Å². The second-order valence-electron chi connectivity index (χ2n) is 7.94. The van der Waals surface area contributed by atoms with Crippen LogP contribution in [0.5, 0.6) is 0 Å². The number of ether oxygens (including phenoxy) is 1. The van der Waals surface area contributed by atoms with Crippen LogP contribution in [0.4, 0.5) is 0 Å². The van der Waals surface area contributed by atoms with Gasteiger partial charge in [0, 0.05) is 39.0 Å². The van der Waals surface area contributed by atoms with Gasteiger partial charge in [-0.3, -0.25) is 14.5 Å². The Hall–Kier alpha value is -3.19. The fourth-order valence-corrected chi connectivity index (χ4v) is 4.79. The van der Waals surface area contributed by atoms with Gasteiger partial charge in [0.25, 0.3) is 6.47 Å². The molecule has 2 aliphatic heterocycles. The zero-order chi connectivity index (χ0) is 22.4. The summed E-state index contributed by atoms with van der Waals surface area (Å²) in [6, 6.07) is 18.2. The molecule has 7 nitrogen and oxygen atoms in total. The van der Waals surface area contributed by atoms with Gasteiger partial charge in [0.05, 0.1) is 18.7 Å². The van der Waals surface area contributed by atoms with Gasteiger partial charge in [0.1, 0.15) is 0 Å². The van der Waals surface area contributed by atoms with Crippen molar-refractivity contribution in [1.82, 2.24) is 9.80 Å². The molecule has 164 valence electrons. The van der Waals surface area contributed by atoms with E-state index in [1.807, 2.05) is 35.2 Å². The molecule has 2 fully saturated rings. The van der Waals surface area contributed by atoms with Gasteiger partial charge in [-0.2, -0.15) is 0 Å². The molecule has 2 heterocycles. The molecule has 0 aliphatic carbocycles. The second kappa shape index (κ2) is 10.2. The molecule has 3 atom stereocenters. The van der Waals surface area contributed by atoms with E-state index in [-0.39, 0.29) is 24.4 Å². The number of fused-ring (bicyclic) bond motifs is 1. The van der Waals surface area contributed by atoms with E-state index in [0.29, 0.717) is 17.4 Å². The number of amides is 1. The second-order valence-corrected chi connectivity index (χ2v) is 7.94. The average Bonchev–Trinajstić information content (AvgIpc) is 3.32. The fraction of sp³-hybridized carbons (Fsp3) is 0.375. The molecule has 2 saturated heterocycles. The Labute approximate surface area is 182 Å². The molecule has 0 bridgehead atoms. The third-order valence-electron chi connectivity index (χ3n) is 6.07. The van der Waals surface area contributed by atoms with Crippen LogP contribution in [0, 0.1) is 11.8 Å². The summed E-state index contributed by atoms with van der Waals surface area (Å²) in [6.07, 6.45) is 0. The Kier molecular flexibility index (Phi) is 7.41. The summed E-state index contributed by atoms with van der Waals surface area (Å²) in [7, 11) is 1.40. The molecule has 0 unspecified atom stereocenters. The summed E-state index contributed by atoms with van der Waals surface area (Å²) in [5, 5.41) is 6.89. The van der Waals surface area contributed by atoms with Crippen molar-refractivity contribution in [3.05, 3.63) is 71.3 Å². The highest BCUT2D eigenvalue weighted by Gasteiger charge is 2.48. The van der Waals surface area contributed by atoms with E-state index >= 15 is 0 Å². The summed E-state index contributed by atoms with van der Waals surface area (Å²) < 4.78 is 4.76. The van der Waals surface area contributed by atoms with Crippen LogP contribution in [0.3, 0.4) is 0 Å². The topological polar surface area (TPSA) is 87.2 Å². The highest BCUT2D eigenvalue weighted by atomic mass is 16.5. The number of carbonyl (C=O) groups excluding carboxylic acids is 2. The summed E-state index contributed by atoms with van der Waals surface area (Å²) >= 11 is 0. The first kappa shape index (κ1) is 22.5. The van der Waals surface area contributed by atoms with Crippen molar-refractivity contribution in [3.63, 3.8) is 0 Å². The molecule has 1 amide bonds. The molecule has 2 aromatic carbocycles. The van der Waals surface area contributed by atoms with Crippen molar-refractivity contribution < 1.29 is 24.2 Å². The first-order valence-corrected chi connectivity index (χ1v) is 10.3. The van der Waals surface area contributed by atoms with Gasteiger partial charge < -0.3 is 14.7 Å². The minimum atomic E-state index is -0.308. The molecule has 0 radical (unpaired) electrons. The average molecular weight is 424 g/mol. The number of hydrogen-bond acceptors (Lipinski definition) is 5. The van der Waals surface area contributed by atoms with Crippen LogP contribution in [0.15, 0.2) is 54.6 Å². The zero-order valence-corrected chi connectivity index (χ0v) is 17.8. The maximum Gasteiger partial charge on any atom is 0.337 e. The number of carboxylic acid groups (broad SMARTS) is 1. The van der Waals surface area contributed by atoms with E-state index in [1.54, 1.807) is 6.92 Å². The lowest BCUT2D eigenvalue weighted by molar-refractivity contribution is -0.130. The minimum absolute atomic E-state index is 0.160. The molecular formula is C24H28N2O5. The van der Waals surface area contributed by atoms with Crippen molar-refractivity contribution in [1.29, 1.82) is 0 Å². The van der Waals surface area contributed by atoms with Crippen LogP contribution in [0.2, 0.25) is 0 Å². The highest BCUT2D eigenvalue weighted by molar-refractivity contribution is 5.89. The molecule has 4 rings (SSSR count). The number of rotatable bonds is 4. The van der Waals surface area contributed by atoms with Gasteiger partial charge in [-0.1, -0.05) is 42.5 Å². The number of methoxy groups -OCH3 is 1. The number of hydrogen-bond donors (Lipinski definition) is 1. The van der Waals surface area contributed by atoms with E-state index in [2.05, 4.69) is 29.2 Å². The van der Waals surface area contributed by atoms with Gasteiger partial charge in [0.2, 0.25) is 5.91 Å². The van der Waals surface area contributed by atoms with Crippen LogP contribution in [-0.2, 0) is 20.9 Å². The fourth-order valence-electron chi connectivity index (χ4n) is 4.79. The molecule has 0 spiro atoms. The van der Waals surface area contributed by atoms with Crippen molar-refractivity contribution in [2.75, 3.05) is 26.7 Å². The lowest BCUT2D eigenvalue weighted by atomic mass is 9.89. The van der Waals surface area contributed by atoms with E-state index in [1.165, 1.54) is 18.2 Å². The molecule has 31 heavy (non-hydrogen) atoms. The SMILES string of the molecule is COC(=O)c1ccc(CN2C[C@@H]3CN(C(C)=O)[C@@H](c4ccccc4)[C@@H]3C2)cc1.O=CO. The first-order valence-electron chi connectivity index (χ1n) is 10.3. The van der Waals surface area contributed by atoms with Gasteiger partial charge in [-0.05, 0) is 29.2 Å². The standard InChI is InChI=1S/C23H26N2O3.CH2O2/c1-16(26)25-14-20-13-24(12-17-8-10-19(11-9-17)23(27)28-2)15-21(20)22(25)18-6-4-3-5-7-18;2-1-3/h3-11,20-22H,12-15H2,1-2H3;1H,(H,2,3)/t20-,21-,22+;/m1./s1. The quantitative estimate of drug-likeness (QED) is 0.600. The van der Waals surface area contributed by atoms with E-state index in [9.17, 15) is 9.59 Å². The molecule has 2 aromatic rings. The molecule has 7 heteroatoms. The van der Waals surface area contributed by atoms with Crippen molar-refractivity contribution in [3.8, 4) is 0 Å². The van der Waals surface area contributed by atoms with Crippen LogP contribution >= 0.6 is 0 Å². The number of esters is 1. The van der Waals surface area contributed by atoms with Gasteiger partial charge in [-0.15, -0.1) is 0 Å². The zero-order valence-electron chi connectivity index (χ0n) is 17.8.